The van der Waals surface area contributed by atoms with Crippen LogP contribution in [0.5, 0.6) is 0 Å². The maximum absolute atomic E-state index is 12.9. The molecule has 0 aliphatic rings. The van der Waals surface area contributed by atoms with Crippen molar-refractivity contribution in [2.24, 2.45) is 0 Å². The lowest BCUT2D eigenvalue weighted by Gasteiger charge is -2.08. The van der Waals surface area contributed by atoms with Crippen molar-refractivity contribution in [3.05, 3.63) is 83.4 Å². The Balaban J connectivity index is 1.82. The first kappa shape index (κ1) is 17.8. The van der Waals surface area contributed by atoms with Gasteiger partial charge in [0.25, 0.3) is 0 Å². The number of carbonyl (C=O) groups is 2. The van der Waals surface area contributed by atoms with E-state index in [4.69, 9.17) is 9.47 Å². The Morgan fingerprint density at radius 3 is 2.29 bits per heavy atom. The summed E-state index contributed by atoms with van der Waals surface area (Å²) in [6.45, 7) is 2.17. The minimum absolute atomic E-state index is 0.187. The van der Waals surface area contributed by atoms with E-state index in [1.165, 1.54) is 7.11 Å². The maximum Gasteiger partial charge on any atom is 0.419 e. The van der Waals surface area contributed by atoms with Crippen LogP contribution in [0.2, 0.25) is 0 Å². The van der Waals surface area contributed by atoms with Crippen LogP contribution in [-0.4, -0.2) is 23.7 Å². The number of benzene rings is 3. The van der Waals surface area contributed by atoms with Crippen molar-refractivity contribution in [1.29, 1.82) is 0 Å². The van der Waals surface area contributed by atoms with Gasteiger partial charge in [0.05, 0.1) is 23.7 Å². The highest BCUT2D eigenvalue weighted by molar-refractivity contribution is 6.14. The zero-order valence-electron chi connectivity index (χ0n) is 15.6. The van der Waals surface area contributed by atoms with E-state index >= 15 is 0 Å². The van der Waals surface area contributed by atoms with Crippen molar-refractivity contribution >= 4 is 33.9 Å². The molecule has 0 atom stereocenters. The molecule has 0 unspecified atom stereocenters. The van der Waals surface area contributed by atoms with Crippen LogP contribution in [0.4, 0.5) is 4.79 Å². The number of aryl methyl sites for hydroxylation is 1. The molecule has 0 aliphatic heterocycles. The second-order valence-electron chi connectivity index (χ2n) is 6.62. The standard InChI is InChI=1S/C23H19NO4/c1-15-8-10-20-18(12-15)19-13-17(22(25)27-2)9-11-21(19)24(20)23(26)28-14-16-6-4-3-5-7-16/h3-13H,14H2,1-2H3. The predicted molar refractivity (Wildman–Crippen MR) is 108 cm³/mol. The van der Waals surface area contributed by atoms with Crippen molar-refractivity contribution in [1.82, 2.24) is 4.57 Å². The predicted octanol–water partition coefficient (Wildman–Crippen LogP) is 5.07. The molecule has 0 fully saturated rings. The molecule has 0 radical (unpaired) electrons. The minimum atomic E-state index is -0.460. The van der Waals surface area contributed by atoms with E-state index in [1.807, 2.05) is 55.5 Å². The number of rotatable bonds is 3. The number of fused-ring (bicyclic) bond motifs is 3. The average molecular weight is 373 g/mol. The van der Waals surface area contributed by atoms with Gasteiger partial charge in [-0.15, -0.1) is 0 Å². The Labute approximate surface area is 162 Å². The molecule has 4 rings (SSSR count). The second-order valence-corrected chi connectivity index (χ2v) is 6.62. The number of hydrogen-bond donors (Lipinski definition) is 0. The largest absolute Gasteiger partial charge is 0.465 e. The monoisotopic (exact) mass is 373 g/mol. The number of carbonyl (C=O) groups excluding carboxylic acids is 2. The lowest BCUT2D eigenvalue weighted by Crippen LogP contribution is -2.13. The second kappa shape index (κ2) is 7.19. The zero-order chi connectivity index (χ0) is 19.7. The minimum Gasteiger partial charge on any atom is -0.465 e. The lowest BCUT2D eigenvalue weighted by atomic mass is 10.1. The van der Waals surface area contributed by atoms with Crippen LogP contribution in [0.15, 0.2) is 66.7 Å². The van der Waals surface area contributed by atoms with Crippen LogP contribution in [0.1, 0.15) is 21.5 Å². The molecule has 28 heavy (non-hydrogen) atoms. The summed E-state index contributed by atoms with van der Waals surface area (Å²) in [5.41, 5.74) is 3.84. The molecule has 1 aromatic heterocycles. The molecule has 5 heteroatoms. The molecular formula is C23H19NO4. The third kappa shape index (κ3) is 3.11. The highest BCUT2D eigenvalue weighted by atomic mass is 16.5. The average Bonchev–Trinajstić information content (AvgIpc) is 3.05. The Hall–Kier alpha value is -3.60. The third-order valence-electron chi connectivity index (χ3n) is 4.73. The van der Waals surface area contributed by atoms with Gasteiger partial charge in [-0.25, -0.2) is 14.2 Å². The van der Waals surface area contributed by atoms with E-state index in [0.717, 1.165) is 27.4 Å². The summed E-state index contributed by atoms with van der Waals surface area (Å²) in [4.78, 5) is 24.9. The van der Waals surface area contributed by atoms with E-state index in [0.29, 0.717) is 11.1 Å². The Morgan fingerprint density at radius 1 is 0.893 bits per heavy atom. The van der Waals surface area contributed by atoms with E-state index in [1.54, 1.807) is 22.8 Å². The number of hydrogen-bond acceptors (Lipinski definition) is 4. The molecule has 0 spiro atoms. The topological polar surface area (TPSA) is 57.5 Å². The molecule has 0 saturated carbocycles. The highest BCUT2D eigenvalue weighted by Crippen LogP contribution is 2.31. The van der Waals surface area contributed by atoms with Crippen molar-refractivity contribution < 1.29 is 19.1 Å². The summed E-state index contributed by atoms with van der Waals surface area (Å²) in [5, 5.41) is 1.69. The van der Waals surface area contributed by atoms with Gasteiger partial charge in [-0.2, -0.15) is 0 Å². The summed E-state index contributed by atoms with van der Waals surface area (Å²) in [6.07, 6.45) is -0.460. The summed E-state index contributed by atoms with van der Waals surface area (Å²) in [5.74, 6) is -0.415. The number of esters is 1. The van der Waals surface area contributed by atoms with Gasteiger partial charge in [-0.1, -0.05) is 42.0 Å². The molecule has 3 aromatic carbocycles. The molecule has 0 amide bonds. The lowest BCUT2D eigenvalue weighted by molar-refractivity contribution is 0.0601. The molecule has 0 aliphatic carbocycles. The van der Waals surface area contributed by atoms with Gasteiger partial charge in [0, 0.05) is 10.8 Å². The Kier molecular flexibility index (Phi) is 4.57. The molecule has 0 bridgehead atoms. The van der Waals surface area contributed by atoms with Crippen LogP contribution < -0.4 is 0 Å². The van der Waals surface area contributed by atoms with Crippen LogP contribution in [-0.2, 0) is 16.1 Å². The quantitative estimate of drug-likeness (QED) is 0.470. The third-order valence-corrected chi connectivity index (χ3v) is 4.73. The number of aromatic nitrogens is 1. The van der Waals surface area contributed by atoms with Gasteiger partial charge < -0.3 is 9.47 Å². The molecule has 5 nitrogen and oxygen atoms in total. The van der Waals surface area contributed by atoms with Gasteiger partial charge >= 0.3 is 12.1 Å². The zero-order valence-corrected chi connectivity index (χ0v) is 15.6. The smallest absolute Gasteiger partial charge is 0.419 e. The van der Waals surface area contributed by atoms with Gasteiger partial charge in [-0.3, -0.25) is 0 Å². The van der Waals surface area contributed by atoms with Crippen LogP contribution in [0.25, 0.3) is 21.8 Å². The summed E-state index contributed by atoms with van der Waals surface area (Å²) < 4.78 is 11.9. The first-order valence-corrected chi connectivity index (χ1v) is 8.92. The van der Waals surface area contributed by atoms with Crippen LogP contribution in [0, 0.1) is 6.92 Å². The Bertz CT molecular complexity index is 1190. The van der Waals surface area contributed by atoms with Gasteiger partial charge in [0.2, 0.25) is 0 Å². The molecule has 140 valence electrons. The number of ether oxygens (including phenoxy) is 2. The molecule has 1 heterocycles. The molecule has 4 aromatic rings. The van der Waals surface area contributed by atoms with Crippen molar-refractivity contribution in [2.75, 3.05) is 7.11 Å². The van der Waals surface area contributed by atoms with Crippen LogP contribution >= 0.6 is 0 Å². The number of nitrogens with zero attached hydrogens (tertiary/aromatic N) is 1. The van der Waals surface area contributed by atoms with Gasteiger partial charge in [0.15, 0.2) is 0 Å². The van der Waals surface area contributed by atoms with E-state index in [2.05, 4.69) is 0 Å². The first-order valence-electron chi connectivity index (χ1n) is 8.92. The molecule has 0 N–H and O–H groups in total. The number of methoxy groups -OCH3 is 1. The van der Waals surface area contributed by atoms with Gasteiger partial charge in [0.1, 0.15) is 6.61 Å². The highest BCUT2D eigenvalue weighted by Gasteiger charge is 2.19. The van der Waals surface area contributed by atoms with E-state index < -0.39 is 12.1 Å². The Morgan fingerprint density at radius 2 is 1.57 bits per heavy atom. The van der Waals surface area contributed by atoms with E-state index in [-0.39, 0.29) is 6.61 Å². The SMILES string of the molecule is COC(=O)c1ccc2c(c1)c1cc(C)ccc1n2C(=O)OCc1ccccc1. The normalized spacial score (nSPS) is 10.9. The summed E-state index contributed by atoms with van der Waals surface area (Å²) in [6, 6.07) is 20.5. The van der Waals surface area contributed by atoms with Crippen molar-refractivity contribution in [3.63, 3.8) is 0 Å². The summed E-state index contributed by atoms with van der Waals surface area (Å²) in [7, 11) is 1.35. The maximum atomic E-state index is 12.9. The fraction of sp³-hybridized carbons (Fsp3) is 0.130. The van der Waals surface area contributed by atoms with Gasteiger partial charge in [-0.05, 0) is 42.8 Å². The first-order chi connectivity index (χ1) is 13.6. The fourth-order valence-electron chi connectivity index (χ4n) is 3.36. The molecule has 0 saturated heterocycles. The molecular weight excluding hydrogens is 354 g/mol. The summed E-state index contributed by atoms with van der Waals surface area (Å²) >= 11 is 0. The van der Waals surface area contributed by atoms with Crippen molar-refractivity contribution in [3.8, 4) is 0 Å². The van der Waals surface area contributed by atoms with E-state index in [9.17, 15) is 9.59 Å². The van der Waals surface area contributed by atoms with Crippen LogP contribution in [0.3, 0.4) is 0 Å². The van der Waals surface area contributed by atoms with Crippen molar-refractivity contribution in [2.45, 2.75) is 13.5 Å². The fourth-order valence-corrected chi connectivity index (χ4v) is 3.36.